The summed E-state index contributed by atoms with van der Waals surface area (Å²) in [4.78, 5) is 5.61. The number of thiophene rings is 1. The summed E-state index contributed by atoms with van der Waals surface area (Å²) in [7, 11) is 0. The van der Waals surface area contributed by atoms with E-state index in [1.807, 2.05) is 6.07 Å². The van der Waals surface area contributed by atoms with Crippen LogP contribution in [-0.4, -0.2) is 11.5 Å². The largest absolute Gasteiger partial charge is 0.399 e. The molecule has 17 heavy (non-hydrogen) atoms. The molecule has 4 heteroatoms. The van der Waals surface area contributed by atoms with E-state index in [0.29, 0.717) is 0 Å². The Morgan fingerprint density at radius 1 is 1.41 bits per heavy atom. The third-order valence-electron chi connectivity index (χ3n) is 2.68. The van der Waals surface area contributed by atoms with Crippen molar-refractivity contribution in [1.29, 1.82) is 0 Å². The number of nitrogens with two attached hydrogens (primary N) is 1. The first kappa shape index (κ1) is 11.9. The van der Waals surface area contributed by atoms with Gasteiger partial charge in [-0.25, -0.2) is 4.98 Å². The normalized spacial score (nSPS) is 11.4. The number of hydrogen-bond donors (Lipinski definition) is 2. The molecule has 0 amide bonds. The zero-order valence-electron chi connectivity index (χ0n) is 10.1. The van der Waals surface area contributed by atoms with Crippen molar-refractivity contribution in [2.75, 3.05) is 17.6 Å². The van der Waals surface area contributed by atoms with Gasteiger partial charge in [0.25, 0.3) is 0 Å². The second kappa shape index (κ2) is 4.75. The molecule has 0 aliphatic heterocycles. The van der Waals surface area contributed by atoms with Crippen molar-refractivity contribution in [3.05, 3.63) is 40.7 Å². The molecule has 0 spiro atoms. The van der Waals surface area contributed by atoms with Gasteiger partial charge in [0.1, 0.15) is 5.82 Å². The number of nitrogens with zero attached hydrogens (tertiary/aromatic N) is 1. The zero-order valence-corrected chi connectivity index (χ0v) is 10.9. The van der Waals surface area contributed by atoms with Crippen LogP contribution >= 0.6 is 11.3 Å². The zero-order chi connectivity index (χ0) is 12.3. The maximum absolute atomic E-state index is 5.71. The van der Waals surface area contributed by atoms with Crippen LogP contribution in [0, 0.1) is 0 Å². The van der Waals surface area contributed by atoms with Crippen LogP contribution in [0.3, 0.4) is 0 Å². The minimum atomic E-state index is 0.0977. The maximum atomic E-state index is 5.71. The fraction of sp³-hybridized carbons (Fsp3) is 0.308. The van der Waals surface area contributed by atoms with E-state index in [1.54, 1.807) is 23.6 Å². The molecule has 2 heterocycles. The lowest BCUT2D eigenvalue weighted by molar-refractivity contribution is 0.568. The average Bonchev–Trinajstić information content (AvgIpc) is 2.81. The first-order valence-electron chi connectivity index (χ1n) is 5.57. The van der Waals surface area contributed by atoms with Gasteiger partial charge in [-0.05, 0) is 17.5 Å². The molecule has 3 N–H and O–H groups in total. The van der Waals surface area contributed by atoms with Crippen molar-refractivity contribution in [2.24, 2.45) is 0 Å². The fourth-order valence-corrected chi connectivity index (χ4v) is 2.46. The van der Waals surface area contributed by atoms with Crippen LogP contribution in [0.25, 0.3) is 0 Å². The Morgan fingerprint density at radius 2 is 2.24 bits per heavy atom. The number of rotatable bonds is 4. The first-order valence-corrected chi connectivity index (χ1v) is 6.45. The summed E-state index contributed by atoms with van der Waals surface area (Å²) in [6.45, 7) is 5.28. The highest BCUT2D eigenvalue weighted by molar-refractivity contribution is 7.10. The minimum Gasteiger partial charge on any atom is -0.399 e. The summed E-state index contributed by atoms with van der Waals surface area (Å²) in [6.07, 6.45) is 1.72. The molecule has 2 aromatic heterocycles. The van der Waals surface area contributed by atoms with Gasteiger partial charge in [0.2, 0.25) is 0 Å². The lowest BCUT2D eigenvalue weighted by Crippen LogP contribution is -2.26. The molecule has 0 aliphatic carbocycles. The lowest BCUT2D eigenvalue weighted by atomic mass is 9.91. The molecule has 0 saturated carbocycles. The summed E-state index contributed by atoms with van der Waals surface area (Å²) < 4.78 is 0. The number of nitrogen functional groups attached to an aromatic ring is 1. The van der Waals surface area contributed by atoms with Gasteiger partial charge in [0, 0.05) is 34.8 Å². The number of aromatic nitrogens is 1. The molecule has 2 rings (SSSR count). The van der Waals surface area contributed by atoms with E-state index in [2.05, 4.69) is 41.7 Å². The minimum absolute atomic E-state index is 0.0977. The molecule has 0 unspecified atom stereocenters. The van der Waals surface area contributed by atoms with Crippen LogP contribution in [0.5, 0.6) is 0 Å². The van der Waals surface area contributed by atoms with Crippen LogP contribution in [0.15, 0.2) is 35.8 Å². The lowest BCUT2D eigenvalue weighted by Gasteiger charge is -2.24. The number of hydrogen-bond acceptors (Lipinski definition) is 4. The molecular weight excluding hydrogens is 230 g/mol. The summed E-state index contributed by atoms with van der Waals surface area (Å²) in [5, 5.41) is 5.44. The standard InChI is InChI=1S/C13H17N3S/c1-13(2,11-4-3-7-17-11)9-16-12-8-10(14)5-6-15-12/h3-8H,9H2,1-2H3,(H3,14,15,16). The van der Waals surface area contributed by atoms with Crippen LogP contribution in [0.1, 0.15) is 18.7 Å². The van der Waals surface area contributed by atoms with Gasteiger partial charge in [-0.2, -0.15) is 0 Å². The Hall–Kier alpha value is -1.55. The third-order valence-corrected chi connectivity index (χ3v) is 3.92. The van der Waals surface area contributed by atoms with Crippen molar-refractivity contribution >= 4 is 22.8 Å². The average molecular weight is 247 g/mol. The van der Waals surface area contributed by atoms with Gasteiger partial charge in [0.05, 0.1) is 0 Å². The summed E-state index contributed by atoms with van der Waals surface area (Å²) in [6, 6.07) is 7.89. The van der Waals surface area contributed by atoms with Gasteiger partial charge in [-0.3, -0.25) is 0 Å². The van der Waals surface area contributed by atoms with E-state index in [9.17, 15) is 0 Å². The Kier molecular flexibility index (Phi) is 3.33. The van der Waals surface area contributed by atoms with Crippen molar-refractivity contribution < 1.29 is 0 Å². The molecule has 0 atom stereocenters. The van der Waals surface area contributed by atoms with Gasteiger partial charge >= 0.3 is 0 Å². The Labute approximate surface area is 106 Å². The van der Waals surface area contributed by atoms with E-state index in [-0.39, 0.29) is 5.41 Å². The molecule has 3 nitrogen and oxygen atoms in total. The van der Waals surface area contributed by atoms with Crippen molar-refractivity contribution in [2.45, 2.75) is 19.3 Å². The van der Waals surface area contributed by atoms with Crippen molar-refractivity contribution in [3.63, 3.8) is 0 Å². The smallest absolute Gasteiger partial charge is 0.127 e. The Balaban J connectivity index is 2.03. The number of pyridine rings is 1. The van der Waals surface area contributed by atoms with E-state index < -0.39 is 0 Å². The van der Waals surface area contributed by atoms with E-state index in [4.69, 9.17) is 5.73 Å². The van der Waals surface area contributed by atoms with Crippen LogP contribution in [0.4, 0.5) is 11.5 Å². The number of anilines is 2. The molecule has 0 aliphatic rings. The summed E-state index contributed by atoms with van der Waals surface area (Å²) in [5.74, 6) is 0.828. The topological polar surface area (TPSA) is 50.9 Å². The monoisotopic (exact) mass is 247 g/mol. The second-order valence-electron chi connectivity index (χ2n) is 4.69. The second-order valence-corrected chi connectivity index (χ2v) is 5.64. The van der Waals surface area contributed by atoms with E-state index in [1.165, 1.54) is 4.88 Å². The maximum Gasteiger partial charge on any atom is 0.127 e. The quantitative estimate of drug-likeness (QED) is 0.872. The summed E-state index contributed by atoms with van der Waals surface area (Å²) >= 11 is 1.78. The molecule has 0 aromatic carbocycles. The Morgan fingerprint density at radius 3 is 2.88 bits per heavy atom. The van der Waals surface area contributed by atoms with Crippen molar-refractivity contribution in [3.8, 4) is 0 Å². The van der Waals surface area contributed by atoms with Gasteiger partial charge in [0.15, 0.2) is 0 Å². The van der Waals surface area contributed by atoms with Gasteiger partial charge < -0.3 is 11.1 Å². The molecule has 0 bridgehead atoms. The molecule has 0 saturated heterocycles. The fourth-order valence-electron chi connectivity index (χ4n) is 1.61. The molecular formula is C13H17N3S. The van der Waals surface area contributed by atoms with Gasteiger partial charge in [-0.15, -0.1) is 11.3 Å². The van der Waals surface area contributed by atoms with Crippen molar-refractivity contribution in [1.82, 2.24) is 4.98 Å². The molecule has 90 valence electrons. The van der Waals surface area contributed by atoms with Gasteiger partial charge in [-0.1, -0.05) is 19.9 Å². The molecule has 0 radical (unpaired) electrons. The highest BCUT2D eigenvalue weighted by atomic mass is 32.1. The summed E-state index contributed by atoms with van der Waals surface area (Å²) in [5.41, 5.74) is 6.55. The molecule has 2 aromatic rings. The number of nitrogens with one attached hydrogen (secondary N) is 1. The van der Waals surface area contributed by atoms with E-state index >= 15 is 0 Å². The van der Waals surface area contributed by atoms with Crippen LogP contribution in [0.2, 0.25) is 0 Å². The SMILES string of the molecule is CC(C)(CNc1cc(N)ccn1)c1cccs1. The predicted molar refractivity (Wildman–Crippen MR) is 74.5 cm³/mol. The highest BCUT2D eigenvalue weighted by Gasteiger charge is 2.21. The first-order chi connectivity index (χ1) is 8.08. The molecule has 0 fully saturated rings. The predicted octanol–water partition coefficient (Wildman–Crippen LogP) is 3.12. The Bertz CT molecular complexity index is 477. The van der Waals surface area contributed by atoms with Crippen LogP contribution < -0.4 is 11.1 Å². The third kappa shape index (κ3) is 2.97. The van der Waals surface area contributed by atoms with Crippen LogP contribution in [-0.2, 0) is 5.41 Å². The highest BCUT2D eigenvalue weighted by Crippen LogP contribution is 2.27. The van der Waals surface area contributed by atoms with E-state index in [0.717, 1.165) is 18.1 Å².